The molecule has 3 aromatic rings. The average Bonchev–Trinajstić information content (AvgIpc) is 3.53. The number of hydrazine groups is 1. The Hall–Kier alpha value is -6.07. The van der Waals surface area contributed by atoms with E-state index in [9.17, 15) is 57.9 Å². The van der Waals surface area contributed by atoms with E-state index in [-0.39, 0.29) is 27.7 Å². The summed E-state index contributed by atoms with van der Waals surface area (Å²) in [6.07, 6.45) is 0. The van der Waals surface area contributed by atoms with Gasteiger partial charge in [0.15, 0.2) is 43.7 Å². The van der Waals surface area contributed by atoms with Gasteiger partial charge in [-0.2, -0.15) is 0 Å². The number of benzene rings is 2. The Labute approximate surface area is 306 Å². The quantitative estimate of drug-likeness (QED) is 0.0522. The topological polar surface area (TPSA) is 320 Å². The molecule has 10 N–H and O–H groups in total. The Morgan fingerprint density at radius 2 is 1.70 bits per heavy atom. The number of carbonyl (C=O) groups is 5. The number of thiazole rings is 1. The fourth-order valence-corrected chi connectivity index (χ4v) is 8.27. The predicted octanol–water partition coefficient (Wildman–Crippen LogP) is -0.279. The number of nitrogens with one attached hydrogen (secondary N) is 3. The number of hydrogen-bond donors (Lipinski definition) is 9. The van der Waals surface area contributed by atoms with E-state index in [0.717, 1.165) is 58.3 Å². The molecule has 53 heavy (non-hydrogen) atoms. The molecule has 2 aromatic carbocycles. The molecule has 1 saturated heterocycles. The first kappa shape index (κ1) is 38.2. The molecule has 1 aromatic heterocycles. The second kappa shape index (κ2) is 14.5. The molecule has 5 rings (SSSR count). The van der Waals surface area contributed by atoms with Crippen LogP contribution in [0, 0.1) is 0 Å². The minimum Gasteiger partial charge on any atom is -0.504 e. The fraction of sp³-hybridized carbons (Fsp3) is 0.233. The van der Waals surface area contributed by atoms with Gasteiger partial charge in [0.1, 0.15) is 22.8 Å². The molecule has 0 unspecified atom stereocenters. The summed E-state index contributed by atoms with van der Waals surface area (Å²) in [7, 11) is -4.25. The first-order valence-electron chi connectivity index (χ1n) is 14.9. The molecule has 0 spiro atoms. The van der Waals surface area contributed by atoms with E-state index in [1.165, 1.54) is 25.3 Å². The van der Waals surface area contributed by atoms with Crippen LogP contribution in [-0.2, 0) is 33.9 Å². The van der Waals surface area contributed by atoms with Gasteiger partial charge in [-0.05, 0) is 49.8 Å². The number of amides is 4. The van der Waals surface area contributed by atoms with E-state index >= 15 is 0 Å². The molecule has 0 aliphatic carbocycles. The number of anilines is 1. The Morgan fingerprint density at radius 1 is 1.04 bits per heavy atom. The molecule has 0 saturated carbocycles. The maximum Gasteiger partial charge on any atom is 0.352 e. The first-order chi connectivity index (χ1) is 24.8. The van der Waals surface area contributed by atoms with Gasteiger partial charge in [-0.3, -0.25) is 34.9 Å². The standard InChI is InChI=1S/C30H29N7O13S3/c1-30(2,28(47)35-34-23(42)12-3-5-16(38)18(40)7-12)50-36-20(15-10-52-29(31)32-15)24(43)33-21-25(44)37-22(27(45)46)13(9-51-26(21)37)11-53(48,49)14-4-6-17(39)19(41)8-14/h3-8,10,21,26,38-41H,9,11H2,1-2H3,(H2,31,32)(H,33,43)(H,34,42)(H,35,47)(H,45,46)/b36-20+/t21-,26-/m1/s1. The number of nitrogen functional groups attached to an aromatic ring is 1. The van der Waals surface area contributed by atoms with Crippen LogP contribution >= 0.6 is 23.1 Å². The molecule has 1 fully saturated rings. The summed E-state index contributed by atoms with van der Waals surface area (Å²) in [5, 5.41) is 55.0. The zero-order valence-corrected chi connectivity index (χ0v) is 29.7. The number of carbonyl (C=O) groups excluding carboxylic acids is 4. The largest absolute Gasteiger partial charge is 0.504 e. The summed E-state index contributed by atoms with van der Waals surface area (Å²) in [5.41, 5.74) is 6.60. The summed E-state index contributed by atoms with van der Waals surface area (Å²) in [6, 6.07) is 4.68. The van der Waals surface area contributed by atoms with Gasteiger partial charge in [0, 0.05) is 22.8 Å². The molecule has 2 aliphatic rings. The van der Waals surface area contributed by atoms with Crippen LogP contribution in [0.3, 0.4) is 0 Å². The molecular weight excluding hydrogens is 763 g/mol. The predicted molar refractivity (Wildman–Crippen MR) is 185 cm³/mol. The molecule has 4 amide bonds. The van der Waals surface area contributed by atoms with Gasteiger partial charge >= 0.3 is 5.97 Å². The number of carboxylic acid groups (broad SMARTS) is 1. The number of hydrogen-bond acceptors (Lipinski definition) is 17. The number of aromatic hydroxyl groups is 4. The Kier molecular flexibility index (Phi) is 10.5. The minimum absolute atomic E-state index is 0.0236. The molecule has 3 heterocycles. The summed E-state index contributed by atoms with van der Waals surface area (Å²) in [4.78, 5) is 74.3. The molecule has 23 heteroatoms. The fourth-order valence-electron chi connectivity index (χ4n) is 4.82. The van der Waals surface area contributed by atoms with Crippen LogP contribution in [-0.4, -0.2) is 108 Å². The van der Waals surface area contributed by atoms with Crippen molar-refractivity contribution in [2.45, 2.75) is 35.8 Å². The number of carboxylic acids is 1. The van der Waals surface area contributed by atoms with Crippen LogP contribution in [0.2, 0.25) is 0 Å². The van der Waals surface area contributed by atoms with Crippen molar-refractivity contribution in [2.24, 2.45) is 5.16 Å². The molecule has 280 valence electrons. The number of thioether (sulfide) groups is 1. The van der Waals surface area contributed by atoms with Crippen molar-refractivity contribution in [1.82, 2.24) is 26.1 Å². The number of nitrogens with zero attached hydrogens (tertiary/aromatic N) is 3. The summed E-state index contributed by atoms with van der Waals surface area (Å²) >= 11 is 1.91. The number of oxime groups is 1. The van der Waals surface area contributed by atoms with Crippen molar-refractivity contribution in [1.29, 1.82) is 0 Å². The third-order valence-corrected chi connectivity index (χ3v) is 11.3. The highest BCUT2D eigenvalue weighted by atomic mass is 32.2. The van der Waals surface area contributed by atoms with Gasteiger partial charge in [0.05, 0.1) is 10.6 Å². The Morgan fingerprint density at radius 3 is 2.30 bits per heavy atom. The number of sulfone groups is 1. The van der Waals surface area contributed by atoms with E-state index in [1.807, 2.05) is 0 Å². The van der Waals surface area contributed by atoms with Crippen molar-refractivity contribution in [3.8, 4) is 23.0 Å². The number of rotatable bonds is 11. The second-order valence-electron chi connectivity index (χ2n) is 11.8. The lowest BCUT2D eigenvalue weighted by molar-refractivity contribution is -0.150. The Bertz CT molecular complexity index is 2220. The normalized spacial score (nSPS) is 17.4. The maximum absolute atomic E-state index is 13.5. The van der Waals surface area contributed by atoms with Gasteiger partial charge in [-0.15, -0.1) is 23.1 Å². The molecule has 0 bridgehead atoms. The van der Waals surface area contributed by atoms with Crippen LogP contribution in [0.1, 0.15) is 29.9 Å². The molecule has 2 aliphatic heterocycles. The van der Waals surface area contributed by atoms with Crippen molar-refractivity contribution in [3.63, 3.8) is 0 Å². The molecule has 20 nitrogen and oxygen atoms in total. The maximum atomic E-state index is 13.5. The number of aliphatic carboxylic acids is 1. The van der Waals surface area contributed by atoms with Crippen LogP contribution in [0.4, 0.5) is 5.13 Å². The Balaban J connectivity index is 1.30. The van der Waals surface area contributed by atoms with E-state index in [0.29, 0.717) is 0 Å². The van der Waals surface area contributed by atoms with E-state index in [4.69, 9.17) is 10.6 Å². The molecular formula is C30H29N7O13S3. The van der Waals surface area contributed by atoms with Crippen LogP contribution < -0.4 is 21.9 Å². The van der Waals surface area contributed by atoms with Crippen molar-refractivity contribution >= 4 is 73.4 Å². The van der Waals surface area contributed by atoms with Crippen molar-refractivity contribution < 1.29 is 62.8 Å². The lowest BCUT2D eigenvalue weighted by atomic mass is 10.0. The number of fused-ring (bicyclic) bond motifs is 1. The van der Waals surface area contributed by atoms with Crippen LogP contribution in [0.15, 0.2) is 63.1 Å². The highest BCUT2D eigenvalue weighted by Crippen LogP contribution is 2.41. The van der Waals surface area contributed by atoms with Gasteiger partial charge in [-0.25, -0.2) is 18.2 Å². The van der Waals surface area contributed by atoms with Crippen molar-refractivity contribution in [2.75, 3.05) is 17.2 Å². The highest BCUT2D eigenvalue weighted by Gasteiger charge is 2.55. The minimum atomic E-state index is -4.25. The zero-order chi connectivity index (χ0) is 39.0. The highest BCUT2D eigenvalue weighted by molar-refractivity contribution is 8.00. The second-order valence-corrected chi connectivity index (χ2v) is 15.7. The number of phenolic OH excluding ortho intramolecular Hbond substituents is 4. The van der Waals surface area contributed by atoms with Gasteiger partial charge < -0.3 is 41.4 Å². The molecule has 0 radical (unpaired) electrons. The summed E-state index contributed by atoms with van der Waals surface area (Å²) in [6.45, 7) is 2.48. The van der Waals surface area contributed by atoms with Gasteiger partial charge in [0.25, 0.3) is 23.6 Å². The van der Waals surface area contributed by atoms with E-state index in [2.05, 4.69) is 26.3 Å². The van der Waals surface area contributed by atoms with Crippen LogP contribution in [0.5, 0.6) is 23.0 Å². The van der Waals surface area contributed by atoms with Crippen molar-refractivity contribution in [3.05, 3.63) is 64.3 Å². The van der Waals surface area contributed by atoms with Gasteiger partial charge in [0.2, 0.25) is 5.60 Å². The smallest absolute Gasteiger partial charge is 0.352 e. The number of aromatic nitrogens is 1. The number of nitrogens with two attached hydrogens (primary N) is 1. The van der Waals surface area contributed by atoms with E-state index in [1.54, 1.807) is 0 Å². The lowest BCUT2D eigenvalue weighted by Crippen LogP contribution is -2.71. The SMILES string of the molecule is CC(C)(O/N=C(/C(=O)N[C@@H]1C(=O)N2C(C(=O)O)=C(CS(=O)(=O)c3ccc(O)c(O)c3)CS[C@H]12)c1csc(N)n1)C(=O)NNC(=O)c1ccc(O)c(O)c1. The zero-order valence-electron chi connectivity index (χ0n) is 27.3. The number of β-lactam (4-membered cyclic amide) rings is 1. The number of phenols is 4. The summed E-state index contributed by atoms with van der Waals surface area (Å²) < 4.78 is 26.1. The van der Waals surface area contributed by atoms with Gasteiger partial charge in [-0.1, -0.05) is 5.16 Å². The van der Waals surface area contributed by atoms with Crippen LogP contribution in [0.25, 0.3) is 0 Å². The first-order valence-corrected chi connectivity index (χ1v) is 18.4. The molecule has 2 atom stereocenters. The third-order valence-electron chi connectivity index (χ3n) is 7.63. The summed E-state index contributed by atoms with van der Waals surface area (Å²) in [5.74, 6) is -8.64. The lowest BCUT2D eigenvalue weighted by Gasteiger charge is -2.49. The monoisotopic (exact) mass is 791 g/mol. The average molecular weight is 792 g/mol. The third kappa shape index (κ3) is 7.90. The van der Waals surface area contributed by atoms with E-state index < -0.39 is 102 Å².